The fraction of sp³-hybridized carbons (Fsp3) is 0.800. The summed E-state index contributed by atoms with van der Waals surface area (Å²) >= 11 is 0. The SMILES string of the molecule is C[C]1CCC[C](C)CCC1. The van der Waals surface area contributed by atoms with Crippen LogP contribution in [0, 0.1) is 11.8 Å². The fourth-order valence-electron chi connectivity index (χ4n) is 1.63. The normalized spacial score (nSPS) is 25.8. The van der Waals surface area contributed by atoms with Gasteiger partial charge in [0.2, 0.25) is 0 Å². The molecule has 0 aromatic heterocycles. The van der Waals surface area contributed by atoms with Crippen LogP contribution in [-0.2, 0) is 0 Å². The van der Waals surface area contributed by atoms with Crippen molar-refractivity contribution < 1.29 is 0 Å². The van der Waals surface area contributed by atoms with Crippen molar-refractivity contribution in [2.75, 3.05) is 0 Å². The molecule has 0 spiro atoms. The first-order chi connectivity index (χ1) is 4.79. The molecule has 0 saturated heterocycles. The van der Waals surface area contributed by atoms with Gasteiger partial charge in [0.1, 0.15) is 0 Å². The summed E-state index contributed by atoms with van der Waals surface area (Å²) in [6.07, 6.45) is 8.29. The van der Waals surface area contributed by atoms with E-state index < -0.39 is 0 Å². The standard InChI is InChI=1S/C10H18/c1-9-5-3-7-10(2)8-4-6-9/h3-8H2,1-2H3. The first kappa shape index (κ1) is 8.10. The molecule has 0 nitrogen and oxygen atoms in total. The van der Waals surface area contributed by atoms with Gasteiger partial charge in [-0.3, -0.25) is 0 Å². The van der Waals surface area contributed by atoms with E-state index in [0.29, 0.717) is 0 Å². The van der Waals surface area contributed by atoms with Crippen molar-refractivity contribution in [2.45, 2.75) is 52.4 Å². The summed E-state index contributed by atoms with van der Waals surface area (Å²) in [6, 6.07) is 0. The molecule has 0 unspecified atom stereocenters. The quantitative estimate of drug-likeness (QED) is 0.480. The Kier molecular flexibility index (Phi) is 3.24. The van der Waals surface area contributed by atoms with E-state index in [1.54, 1.807) is 11.8 Å². The highest BCUT2D eigenvalue weighted by Gasteiger charge is 2.10. The van der Waals surface area contributed by atoms with E-state index in [2.05, 4.69) is 13.8 Å². The molecule has 0 aromatic carbocycles. The van der Waals surface area contributed by atoms with Gasteiger partial charge in [-0.1, -0.05) is 26.7 Å². The Labute approximate surface area is 65.0 Å². The first-order valence-corrected chi connectivity index (χ1v) is 4.41. The second-order valence-electron chi connectivity index (χ2n) is 3.62. The largest absolute Gasteiger partial charge is 0.0591 e. The zero-order valence-electron chi connectivity index (χ0n) is 7.24. The molecular weight excluding hydrogens is 120 g/mol. The van der Waals surface area contributed by atoms with Crippen LogP contribution in [0.3, 0.4) is 0 Å². The van der Waals surface area contributed by atoms with Crippen molar-refractivity contribution in [3.63, 3.8) is 0 Å². The molecule has 0 aliphatic heterocycles. The Bertz CT molecular complexity index is 66.0. The molecule has 0 aromatic rings. The zero-order valence-corrected chi connectivity index (χ0v) is 7.24. The van der Waals surface area contributed by atoms with Crippen molar-refractivity contribution in [2.24, 2.45) is 0 Å². The van der Waals surface area contributed by atoms with Crippen LogP contribution in [-0.4, -0.2) is 0 Å². The van der Waals surface area contributed by atoms with Crippen molar-refractivity contribution in [1.82, 2.24) is 0 Å². The van der Waals surface area contributed by atoms with Gasteiger partial charge in [0, 0.05) is 0 Å². The van der Waals surface area contributed by atoms with E-state index in [9.17, 15) is 0 Å². The van der Waals surface area contributed by atoms with Crippen molar-refractivity contribution in [3.05, 3.63) is 11.8 Å². The van der Waals surface area contributed by atoms with Crippen LogP contribution >= 0.6 is 0 Å². The molecule has 0 amide bonds. The maximum absolute atomic E-state index is 2.31. The topological polar surface area (TPSA) is 0 Å². The minimum Gasteiger partial charge on any atom is -0.0591 e. The highest BCUT2D eigenvalue weighted by molar-refractivity contribution is 4.92. The molecule has 0 N–H and O–H groups in total. The van der Waals surface area contributed by atoms with Gasteiger partial charge >= 0.3 is 0 Å². The van der Waals surface area contributed by atoms with Gasteiger partial charge in [-0.15, -0.1) is 0 Å². The molecular formula is C10H18. The lowest BCUT2D eigenvalue weighted by Crippen LogP contribution is -2.01. The summed E-state index contributed by atoms with van der Waals surface area (Å²) in [6.45, 7) is 4.61. The van der Waals surface area contributed by atoms with Gasteiger partial charge in [-0.2, -0.15) is 0 Å². The van der Waals surface area contributed by atoms with Crippen LogP contribution in [0.5, 0.6) is 0 Å². The summed E-state index contributed by atoms with van der Waals surface area (Å²) in [5.74, 6) is 3.43. The van der Waals surface area contributed by atoms with Crippen LogP contribution in [0.25, 0.3) is 0 Å². The Morgan fingerprint density at radius 1 is 0.700 bits per heavy atom. The average molecular weight is 138 g/mol. The predicted molar refractivity (Wildman–Crippen MR) is 45.5 cm³/mol. The second kappa shape index (κ2) is 4.00. The lowest BCUT2D eigenvalue weighted by molar-refractivity contribution is 0.557. The average Bonchev–Trinajstić information content (AvgIpc) is 1.84. The molecule has 1 aliphatic rings. The molecule has 0 heterocycles. The van der Waals surface area contributed by atoms with E-state index in [0.717, 1.165) is 0 Å². The lowest BCUT2D eigenvalue weighted by atomic mass is 9.88. The number of hydrogen-bond acceptors (Lipinski definition) is 0. The molecule has 1 rings (SSSR count). The third-order valence-corrected chi connectivity index (χ3v) is 2.41. The third kappa shape index (κ3) is 2.72. The van der Waals surface area contributed by atoms with Crippen molar-refractivity contribution in [1.29, 1.82) is 0 Å². The summed E-state index contributed by atoms with van der Waals surface area (Å²) < 4.78 is 0. The molecule has 0 bridgehead atoms. The van der Waals surface area contributed by atoms with Gasteiger partial charge in [0.05, 0.1) is 0 Å². The fourth-order valence-corrected chi connectivity index (χ4v) is 1.63. The van der Waals surface area contributed by atoms with E-state index in [4.69, 9.17) is 0 Å². The monoisotopic (exact) mass is 138 g/mol. The van der Waals surface area contributed by atoms with Gasteiger partial charge in [0.25, 0.3) is 0 Å². The highest BCUT2D eigenvalue weighted by atomic mass is 14.2. The van der Waals surface area contributed by atoms with Gasteiger partial charge in [-0.25, -0.2) is 0 Å². The maximum Gasteiger partial charge on any atom is -0.0272 e. The van der Waals surface area contributed by atoms with Gasteiger partial charge < -0.3 is 0 Å². The second-order valence-corrected chi connectivity index (χ2v) is 3.62. The predicted octanol–water partition coefficient (Wildman–Crippen LogP) is 3.53. The number of rotatable bonds is 0. The smallest absolute Gasteiger partial charge is 0.0272 e. The molecule has 0 atom stereocenters. The summed E-state index contributed by atoms with van der Waals surface area (Å²) in [5, 5.41) is 0. The Morgan fingerprint density at radius 3 is 1.30 bits per heavy atom. The molecule has 1 saturated carbocycles. The van der Waals surface area contributed by atoms with E-state index >= 15 is 0 Å². The minimum absolute atomic E-state index is 1.37. The van der Waals surface area contributed by atoms with Crippen LogP contribution in [0.15, 0.2) is 0 Å². The third-order valence-electron chi connectivity index (χ3n) is 2.41. The minimum atomic E-state index is 1.37. The van der Waals surface area contributed by atoms with E-state index in [-0.39, 0.29) is 0 Å². The van der Waals surface area contributed by atoms with E-state index in [1.165, 1.54) is 38.5 Å². The van der Waals surface area contributed by atoms with Crippen molar-refractivity contribution in [3.8, 4) is 0 Å². The molecule has 1 fully saturated rings. The molecule has 1 aliphatic carbocycles. The lowest BCUT2D eigenvalue weighted by Gasteiger charge is -2.18. The summed E-state index contributed by atoms with van der Waals surface area (Å²) in [5.41, 5.74) is 0. The Hall–Kier alpha value is 0. The number of hydrogen-bond donors (Lipinski definition) is 0. The highest BCUT2D eigenvalue weighted by Crippen LogP contribution is 2.27. The van der Waals surface area contributed by atoms with Gasteiger partial charge in [0.15, 0.2) is 0 Å². The zero-order chi connectivity index (χ0) is 7.40. The molecule has 58 valence electrons. The first-order valence-electron chi connectivity index (χ1n) is 4.41. The molecule has 0 heteroatoms. The van der Waals surface area contributed by atoms with Crippen molar-refractivity contribution >= 4 is 0 Å². The molecule has 2 radical (unpaired) electrons. The van der Waals surface area contributed by atoms with Crippen LogP contribution < -0.4 is 0 Å². The maximum atomic E-state index is 2.31. The van der Waals surface area contributed by atoms with E-state index in [1.807, 2.05) is 0 Å². The van der Waals surface area contributed by atoms with Crippen LogP contribution in [0.1, 0.15) is 52.4 Å². The van der Waals surface area contributed by atoms with Gasteiger partial charge in [-0.05, 0) is 37.5 Å². The summed E-state index contributed by atoms with van der Waals surface area (Å²) in [7, 11) is 0. The van der Waals surface area contributed by atoms with Crippen LogP contribution in [0.4, 0.5) is 0 Å². The molecule has 10 heavy (non-hydrogen) atoms. The Morgan fingerprint density at radius 2 is 1.00 bits per heavy atom. The Balaban J connectivity index is 2.21. The summed E-state index contributed by atoms with van der Waals surface area (Å²) in [4.78, 5) is 0. The van der Waals surface area contributed by atoms with Crippen LogP contribution in [0.2, 0.25) is 0 Å².